The number of hydrazine groups is 1. The molecule has 2 rings (SSSR count). The Morgan fingerprint density at radius 3 is 2.41 bits per heavy atom. The number of carbonyl (C=O) groups is 2. The van der Waals surface area contributed by atoms with Crippen LogP contribution in [0.15, 0.2) is 24.3 Å². The summed E-state index contributed by atoms with van der Waals surface area (Å²) in [6.07, 6.45) is -0.417. The number of nitrogen functional groups attached to an aromatic ring is 1. The van der Waals surface area contributed by atoms with E-state index in [4.69, 9.17) is 16.3 Å². The van der Waals surface area contributed by atoms with Crippen molar-refractivity contribution in [1.82, 2.24) is 4.90 Å². The van der Waals surface area contributed by atoms with E-state index in [1.807, 2.05) is 0 Å². The van der Waals surface area contributed by atoms with Crippen LogP contribution in [0.1, 0.15) is 20.8 Å². The lowest BCUT2D eigenvalue weighted by atomic mass is 9.99. The average molecular weight is 306 g/mol. The fraction of sp³-hybridized carbons (Fsp3) is 0.467. The second-order valence-electron chi connectivity index (χ2n) is 6.35. The maximum Gasteiger partial charge on any atom is 0.410 e. The van der Waals surface area contributed by atoms with Gasteiger partial charge in [-0.05, 0) is 32.9 Å². The summed E-state index contributed by atoms with van der Waals surface area (Å²) in [5.41, 5.74) is 6.15. The fourth-order valence-electron chi connectivity index (χ4n) is 2.13. The number of anilines is 2. The molecule has 7 heteroatoms. The number of nitrogens with two attached hydrogens (primary N) is 2. The largest absolute Gasteiger partial charge is 0.444 e. The van der Waals surface area contributed by atoms with Crippen molar-refractivity contribution in [3.8, 4) is 0 Å². The predicted octanol–water partition coefficient (Wildman–Crippen LogP) is 1.34. The Kier molecular flexibility index (Phi) is 4.27. The third-order valence-electron chi connectivity index (χ3n) is 3.32. The number of para-hydroxylation sites is 2. The number of nitrogens with zero attached hydrogens (tertiary/aromatic N) is 2. The molecule has 1 aliphatic rings. The maximum atomic E-state index is 12.3. The van der Waals surface area contributed by atoms with Gasteiger partial charge in [0, 0.05) is 13.1 Å². The van der Waals surface area contributed by atoms with E-state index in [0.29, 0.717) is 24.5 Å². The zero-order valence-electron chi connectivity index (χ0n) is 13.1. The number of amides is 2. The molecular weight excluding hydrogens is 284 g/mol. The minimum atomic E-state index is -0.551. The van der Waals surface area contributed by atoms with Crippen molar-refractivity contribution in [2.45, 2.75) is 26.4 Å². The summed E-state index contributed by atoms with van der Waals surface area (Å²) in [7, 11) is 0. The fourth-order valence-corrected chi connectivity index (χ4v) is 2.13. The van der Waals surface area contributed by atoms with E-state index >= 15 is 0 Å². The van der Waals surface area contributed by atoms with Crippen molar-refractivity contribution in [3.63, 3.8) is 0 Å². The Bertz CT molecular complexity index is 576. The first-order chi connectivity index (χ1) is 10.2. The molecule has 22 heavy (non-hydrogen) atoms. The Morgan fingerprint density at radius 2 is 1.86 bits per heavy atom. The third kappa shape index (κ3) is 3.48. The molecule has 1 saturated heterocycles. The van der Waals surface area contributed by atoms with E-state index in [1.54, 1.807) is 45.0 Å². The maximum absolute atomic E-state index is 12.3. The van der Waals surface area contributed by atoms with Crippen LogP contribution >= 0.6 is 0 Å². The smallest absolute Gasteiger partial charge is 0.410 e. The molecule has 1 aromatic rings. The normalized spacial score (nSPS) is 15.2. The van der Waals surface area contributed by atoms with Gasteiger partial charge in [-0.1, -0.05) is 12.1 Å². The average Bonchev–Trinajstić information content (AvgIpc) is 2.34. The lowest BCUT2D eigenvalue weighted by Gasteiger charge is -2.40. The zero-order chi connectivity index (χ0) is 16.5. The first-order valence-electron chi connectivity index (χ1n) is 7.10. The molecule has 1 aromatic carbocycles. The van der Waals surface area contributed by atoms with Gasteiger partial charge < -0.3 is 15.4 Å². The first kappa shape index (κ1) is 16.1. The predicted molar refractivity (Wildman–Crippen MR) is 83.8 cm³/mol. The van der Waals surface area contributed by atoms with Crippen molar-refractivity contribution in [2.24, 2.45) is 11.8 Å². The molecule has 1 aliphatic heterocycles. The van der Waals surface area contributed by atoms with E-state index in [2.05, 4.69) is 0 Å². The van der Waals surface area contributed by atoms with E-state index in [-0.39, 0.29) is 11.8 Å². The van der Waals surface area contributed by atoms with Crippen LogP contribution in [-0.4, -0.2) is 35.6 Å². The highest BCUT2D eigenvalue weighted by atomic mass is 16.6. The monoisotopic (exact) mass is 306 g/mol. The molecule has 0 aliphatic carbocycles. The molecule has 0 unspecified atom stereocenters. The molecule has 0 saturated carbocycles. The van der Waals surface area contributed by atoms with Gasteiger partial charge in [0.15, 0.2) is 0 Å². The number of likely N-dealkylation sites (tertiary alicyclic amines) is 1. The van der Waals surface area contributed by atoms with Gasteiger partial charge >= 0.3 is 6.09 Å². The van der Waals surface area contributed by atoms with Crippen LogP contribution in [-0.2, 0) is 9.53 Å². The number of benzene rings is 1. The van der Waals surface area contributed by atoms with Crippen LogP contribution in [0, 0.1) is 5.92 Å². The SMILES string of the molecule is CC(C)(C)OC(=O)N1CC(C(=O)N(N)c2ccccc2N)C1. The van der Waals surface area contributed by atoms with E-state index in [9.17, 15) is 9.59 Å². The van der Waals surface area contributed by atoms with Crippen LogP contribution in [0.2, 0.25) is 0 Å². The molecule has 0 aromatic heterocycles. The van der Waals surface area contributed by atoms with Crippen molar-refractivity contribution < 1.29 is 14.3 Å². The van der Waals surface area contributed by atoms with Crippen LogP contribution in [0.25, 0.3) is 0 Å². The number of carbonyl (C=O) groups excluding carboxylic acids is 2. The third-order valence-corrected chi connectivity index (χ3v) is 3.32. The molecule has 2 amide bonds. The van der Waals surface area contributed by atoms with Gasteiger partial charge in [0.1, 0.15) is 5.60 Å². The van der Waals surface area contributed by atoms with E-state index in [0.717, 1.165) is 5.01 Å². The molecule has 0 spiro atoms. The van der Waals surface area contributed by atoms with Crippen LogP contribution in [0.4, 0.5) is 16.2 Å². The van der Waals surface area contributed by atoms with Crippen molar-refractivity contribution in [1.29, 1.82) is 0 Å². The highest BCUT2D eigenvalue weighted by Crippen LogP contribution is 2.25. The molecule has 4 N–H and O–H groups in total. The number of rotatable bonds is 2. The van der Waals surface area contributed by atoms with Gasteiger partial charge in [0.25, 0.3) is 0 Å². The van der Waals surface area contributed by atoms with Crippen LogP contribution < -0.4 is 16.6 Å². The summed E-state index contributed by atoms with van der Waals surface area (Å²) in [5.74, 6) is 5.24. The Balaban J connectivity index is 1.92. The van der Waals surface area contributed by atoms with Crippen LogP contribution in [0.3, 0.4) is 0 Å². The second-order valence-corrected chi connectivity index (χ2v) is 6.35. The summed E-state index contributed by atoms with van der Waals surface area (Å²) in [6, 6.07) is 6.88. The van der Waals surface area contributed by atoms with Gasteiger partial charge in [-0.2, -0.15) is 0 Å². The molecule has 0 radical (unpaired) electrons. The summed E-state index contributed by atoms with van der Waals surface area (Å²) in [4.78, 5) is 25.6. The van der Waals surface area contributed by atoms with Gasteiger partial charge in [-0.3, -0.25) is 4.79 Å². The highest BCUT2D eigenvalue weighted by Gasteiger charge is 2.39. The first-order valence-corrected chi connectivity index (χ1v) is 7.10. The number of hydrogen-bond donors (Lipinski definition) is 2. The number of ether oxygens (including phenoxy) is 1. The van der Waals surface area contributed by atoms with Gasteiger partial charge in [-0.25, -0.2) is 15.6 Å². The van der Waals surface area contributed by atoms with Crippen LogP contribution in [0.5, 0.6) is 0 Å². The van der Waals surface area contributed by atoms with Gasteiger partial charge in [-0.15, -0.1) is 0 Å². The molecule has 120 valence electrons. The van der Waals surface area contributed by atoms with E-state index < -0.39 is 11.7 Å². The van der Waals surface area contributed by atoms with Crippen molar-refractivity contribution in [2.75, 3.05) is 23.8 Å². The lowest BCUT2D eigenvalue weighted by Crippen LogP contribution is -2.58. The minimum absolute atomic E-state index is 0.266. The summed E-state index contributed by atoms with van der Waals surface area (Å²) >= 11 is 0. The van der Waals surface area contributed by atoms with Gasteiger partial charge in [0.05, 0.1) is 17.3 Å². The van der Waals surface area contributed by atoms with Gasteiger partial charge in [0.2, 0.25) is 5.91 Å². The van der Waals surface area contributed by atoms with Crippen molar-refractivity contribution >= 4 is 23.4 Å². The summed E-state index contributed by atoms with van der Waals surface area (Å²) in [6.45, 7) is 6.00. The second kappa shape index (κ2) is 5.84. The minimum Gasteiger partial charge on any atom is -0.444 e. The summed E-state index contributed by atoms with van der Waals surface area (Å²) < 4.78 is 5.24. The zero-order valence-corrected chi connectivity index (χ0v) is 13.1. The summed E-state index contributed by atoms with van der Waals surface area (Å²) in [5, 5.41) is 1.05. The Labute approximate surface area is 129 Å². The molecule has 1 heterocycles. The molecule has 0 bridgehead atoms. The van der Waals surface area contributed by atoms with Crippen molar-refractivity contribution in [3.05, 3.63) is 24.3 Å². The highest BCUT2D eigenvalue weighted by molar-refractivity contribution is 5.97. The Hall–Kier alpha value is -2.28. The lowest BCUT2D eigenvalue weighted by molar-refractivity contribution is -0.127. The number of hydrogen-bond acceptors (Lipinski definition) is 5. The molecule has 0 atom stereocenters. The van der Waals surface area contributed by atoms with E-state index in [1.165, 1.54) is 4.90 Å². The standard InChI is InChI=1S/C15H22N4O3/c1-15(2,3)22-14(21)18-8-10(9-18)13(20)19(17)12-7-5-4-6-11(12)16/h4-7,10H,8-9,16-17H2,1-3H3. The quantitative estimate of drug-likeness (QED) is 0.371. The molecule has 1 fully saturated rings. The molecular formula is C15H22N4O3. The Morgan fingerprint density at radius 1 is 1.27 bits per heavy atom. The topological polar surface area (TPSA) is 102 Å². The molecule has 7 nitrogen and oxygen atoms in total.